The lowest BCUT2D eigenvalue weighted by Crippen LogP contribution is -2.14. The molecule has 3 aromatic rings. The third kappa shape index (κ3) is 6.12. The number of oxime groups is 1. The molecule has 8 heteroatoms. The van der Waals surface area contributed by atoms with Gasteiger partial charge in [0.05, 0.1) is 5.71 Å². The van der Waals surface area contributed by atoms with Crippen LogP contribution in [0.4, 0.5) is 22.0 Å². The summed E-state index contributed by atoms with van der Waals surface area (Å²) in [5, 5.41) is 5.63. The quantitative estimate of drug-likeness (QED) is 0.0446. The van der Waals surface area contributed by atoms with Crippen molar-refractivity contribution < 1.29 is 31.6 Å². The van der Waals surface area contributed by atoms with Gasteiger partial charge < -0.3 is 4.84 Å². The van der Waals surface area contributed by atoms with E-state index in [1.54, 1.807) is 6.07 Å². The molecule has 0 aromatic heterocycles. The molecule has 3 aromatic carbocycles. The van der Waals surface area contributed by atoms with Gasteiger partial charge in [-0.1, -0.05) is 73.0 Å². The predicted octanol–water partition coefficient (Wildman–Crippen LogP) is 8.01. The molecule has 0 radical (unpaired) electrons. The van der Waals surface area contributed by atoms with Crippen LogP contribution < -0.4 is 0 Å². The highest BCUT2D eigenvalue weighted by molar-refractivity contribution is 6.04. The first kappa shape index (κ1) is 26.1. The van der Waals surface area contributed by atoms with Crippen LogP contribution in [0.15, 0.2) is 59.3 Å². The summed E-state index contributed by atoms with van der Waals surface area (Å²) in [5.74, 6) is -13.2. The summed E-state index contributed by atoms with van der Waals surface area (Å²) >= 11 is 0. The molecule has 0 saturated heterocycles. The molecule has 0 saturated carbocycles. The van der Waals surface area contributed by atoms with Crippen LogP contribution >= 0.6 is 0 Å². The van der Waals surface area contributed by atoms with Crippen molar-refractivity contribution in [2.24, 2.45) is 5.16 Å². The fraction of sp³-hybridized carbons (Fsp3) is 0.259. The lowest BCUT2D eigenvalue weighted by molar-refractivity contribution is 0.0501. The van der Waals surface area contributed by atoms with Gasteiger partial charge in [0, 0.05) is 0 Å². The Kier molecular flexibility index (Phi) is 8.73. The molecule has 0 aliphatic carbocycles. The Hall–Kier alpha value is -3.55. The van der Waals surface area contributed by atoms with Gasteiger partial charge in [-0.15, -0.1) is 0 Å². The van der Waals surface area contributed by atoms with Gasteiger partial charge in [-0.05, 0) is 48.6 Å². The molecule has 0 heterocycles. The van der Waals surface area contributed by atoms with E-state index in [1.807, 2.05) is 43.3 Å². The Balaban J connectivity index is 1.93. The molecule has 35 heavy (non-hydrogen) atoms. The van der Waals surface area contributed by atoms with Crippen LogP contribution in [0.25, 0.3) is 10.8 Å². The molecule has 0 bridgehead atoms. The highest BCUT2D eigenvalue weighted by Crippen LogP contribution is 2.24. The van der Waals surface area contributed by atoms with Crippen molar-refractivity contribution >= 4 is 22.5 Å². The van der Waals surface area contributed by atoms with Gasteiger partial charge in [-0.2, -0.15) is 0 Å². The Morgan fingerprint density at radius 2 is 1.51 bits per heavy atom. The lowest BCUT2D eigenvalue weighted by atomic mass is 9.99. The molecule has 0 atom stereocenters. The average molecular weight is 489 g/mol. The van der Waals surface area contributed by atoms with Gasteiger partial charge in [0.1, 0.15) is 5.56 Å². The Labute approximate surface area is 199 Å². The molecule has 0 fully saturated rings. The Bertz CT molecular complexity index is 1270. The Morgan fingerprint density at radius 3 is 2.17 bits per heavy atom. The highest BCUT2D eigenvalue weighted by atomic mass is 19.2. The van der Waals surface area contributed by atoms with Crippen LogP contribution in [0.5, 0.6) is 0 Å². The number of hydrogen-bond acceptors (Lipinski definition) is 3. The van der Waals surface area contributed by atoms with E-state index in [0.717, 1.165) is 35.6 Å². The summed E-state index contributed by atoms with van der Waals surface area (Å²) in [6.45, 7) is 4.04. The monoisotopic (exact) mass is 489 g/mol. The van der Waals surface area contributed by atoms with E-state index in [4.69, 9.17) is 4.84 Å². The van der Waals surface area contributed by atoms with Gasteiger partial charge in [-0.3, -0.25) is 0 Å². The second-order valence-corrected chi connectivity index (χ2v) is 8.12. The molecule has 0 amide bonds. The predicted molar refractivity (Wildman–Crippen MR) is 125 cm³/mol. The van der Waals surface area contributed by atoms with E-state index in [0.29, 0.717) is 18.4 Å². The summed E-state index contributed by atoms with van der Waals surface area (Å²) in [4.78, 5) is 17.0. The molecule has 0 spiro atoms. The third-order valence-electron chi connectivity index (χ3n) is 5.54. The topological polar surface area (TPSA) is 38.7 Å². The fourth-order valence-corrected chi connectivity index (χ4v) is 3.51. The zero-order valence-electron chi connectivity index (χ0n) is 19.3. The minimum absolute atomic E-state index is 0.288. The third-order valence-corrected chi connectivity index (χ3v) is 5.54. The zero-order chi connectivity index (χ0) is 25.5. The van der Waals surface area contributed by atoms with Crippen molar-refractivity contribution in [1.29, 1.82) is 0 Å². The van der Waals surface area contributed by atoms with Crippen molar-refractivity contribution in [2.75, 3.05) is 0 Å². The van der Waals surface area contributed by atoms with Crippen LogP contribution in [0.2, 0.25) is 0 Å². The van der Waals surface area contributed by atoms with Crippen LogP contribution in [0.1, 0.15) is 61.9 Å². The summed E-state index contributed by atoms with van der Waals surface area (Å²) in [6, 6.07) is 12.9. The number of rotatable bonds is 9. The zero-order valence-corrected chi connectivity index (χ0v) is 19.3. The molecular weight excluding hydrogens is 465 g/mol. The first-order chi connectivity index (χ1) is 16.7. The number of benzene rings is 3. The van der Waals surface area contributed by atoms with E-state index >= 15 is 0 Å². The van der Waals surface area contributed by atoms with Crippen LogP contribution in [0.3, 0.4) is 0 Å². The molecule has 0 aliphatic heterocycles. The van der Waals surface area contributed by atoms with Crippen molar-refractivity contribution in [3.8, 4) is 0 Å². The van der Waals surface area contributed by atoms with Crippen molar-refractivity contribution in [3.05, 3.63) is 94.3 Å². The second kappa shape index (κ2) is 11.7. The summed E-state index contributed by atoms with van der Waals surface area (Å²) in [6.07, 6.45) is 6.00. The van der Waals surface area contributed by atoms with Gasteiger partial charge in [0.25, 0.3) is 0 Å². The van der Waals surface area contributed by atoms with E-state index in [-0.39, 0.29) is 5.71 Å². The molecular formula is C27H24F5NO2. The number of allylic oxidation sites excluding steroid dienone is 2. The van der Waals surface area contributed by atoms with Gasteiger partial charge >= 0.3 is 5.97 Å². The summed E-state index contributed by atoms with van der Waals surface area (Å²) in [7, 11) is 0. The number of fused-ring (bicyclic) bond motifs is 1. The standard InChI is InChI=1S/C27H24F5NO2/c1-3-4-5-8-16(2)11-14-20(19-13-12-17-9-6-7-10-18(17)15-19)33-35-27(34)21-22(28)24(30)26(32)25(31)23(21)29/h6-10,12-13,15H,3-5,11,14H2,1-2H3/b16-8+,33-20-. The largest absolute Gasteiger partial charge is 0.371 e. The normalized spacial score (nSPS) is 12.3. The minimum atomic E-state index is -2.36. The van der Waals surface area contributed by atoms with E-state index in [1.165, 1.54) is 0 Å². The number of unbranched alkanes of at least 4 members (excludes halogenated alkanes) is 2. The highest BCUT2D eigenvalue weighted by Gasteiger charge is 2.31. The molecule has 184 valence electrons. The average Bonchev–Trinajstić information content (AvgIpc) is 2.86. The lowest BCUT2D eigenvalue weighted by Gasteiger charge is -2.10. The smallest absolute Gasteiger partial charge is 0.312 e. The van der Waals surface area contributed by atoms with Crippen molar-refractivity contribution in [2.45, 2.75) is 46.0 Å². The first-order valence-electron chi connectivity index (χ1n) is 11.2. The number of halogens is 5. The molecule has 3 nitrogen and oxygen atoms in total. The first-order valence-corrected chi connectivity index (χ1v) is 11.2. The molecule has 0 aliphatic rings. The minimum Gasteiger partial charge on any atom is -0.312 e. The maximum absolute atomic E-state index is 14.0. The maximum atomic E-state index is 14.0. The molecule has 3 rings (SSSR count). The van der Waals surface area contributed by atoms with Crippen LogP contribution in [0, 0.1) is 29.1 Å². The van der Waals surface area contributed by atoms with Crippen LogP contribution in [-0.4, -0.2) is 11.7 Å². The van der Waals surface area contributed by atoms with Gasteiger partial charge in [-0.25, -0.2) is 26.7 Å². The molecule has 0 unspecified atom stereocenters. The summed E-state index contributed by atoms with van der Waals surface area (Å²) < 4.78 is 68.3. The van der Waals surface area contributed by atoms with Gasteiger partial charge in [0.15, 0.2) is 23.3 Å². The van der Waals surface area contributed by atoms with E-state index in [2.05, 4.69) is 18.2 Å². The van der Waals surface area contributed by atoms with Gasteiger partial charge in [0.2, 0.25) is 5.82 Å². The number of carbonyl (C=O) groups excluding carboxylic acids is 1. The fourth-order valence-electron chi connectivity index (χ4n) is 3.51. The summed E-state index contributed by atoms with van der Waals surface area (Å²) in [5.41, 5.74) is 0.267. The molecule has 0 N–H and O–H groups in total. The van der Waals surface area contributed by atoms with Crippen LogP contribution in [-0.2, 0) is 4.84 Å². The maximum Gasteiger partial charge on any atom is 0.371 e. The number of carbonyl (C=O) groups is 1. The van der Waals surface area contributed by atoms with Crippen molar-refractivity contribution in [3.63, 3.8) is 0 Å². The number of nitrogens with zero attached hydrogens (tertiary/aromatic N) is 1. The van der Waals surface area contributed by atoms with E-state index in [9.17, 15) is 26.7 Å². The van der Waals surface area contributed by atoms with Crippen molar-refractivity contribution in [1.82, 2.24) is 0 Å². The second-order valence-electron chi connectivity index (χ2n) is 8.12. The number of hydrogen-bond donors (Lipinski definition) is 0. The Morgan fingerprint density at radius 1 is 0.886 bits per heavy atom. The van der Waals surface area contributed by atoms with E-state index < -0.39 is 40.6 Å². The SMILES string of the molecule is CCCC/C=C(\C)CC/C(=N/OC(=O)c1c(F)c(F)c(F)c(F)c1F)c1ccc2ccccc2c1.